The molecule has 0 saturated carbocycles. The first kappa shape index (κ1) is 23.6. The van der Waals surface area contributed by atoms with E-state index in [1.54, 1.807) is 24.5 Å². The normalized spacial score (nSPS) is 10.9. The molecule has 174 valence electrons. The number of carbonyl (C=O) groups is 2. The van der Waals surface area contributed by atoms with Gasteiger partial charge in [0.05, 0.1) is 33.3 Å². The van der Waals surface area contributed by atoms with Crippen molar-refractivity contribution in [2.45, 2.75) is 13.8 Å². The second kappa shape index (κ2) is 9.20. The largest absolute Gasteiger partial charge is 0.478 e. The zero-order chi connectivity index (χ0) is 25.2. The van der Waals surface area contributed by atoms with Crippen molar-refractivity contribution in [1.29, 1.82) is 0 Å². The van der Waals surface area contributed by atoms with Crippen LogP contribution in [-0.4, -0.2) is 42.8 Å². The average Bonchev–Trinajstić information content (AvgIpc) is 3.06. The standard InChI is InChI=1S/C21H17N5O8/c1-11-5-15(10-22-23-18-4-3-16(25(31)32)9-19(18)26(33)34)12(2)24(11)17-7-13(20(27)28)6-14(8-17)21(29)30/h3-10,23H,1-2H3,(H,27,28)(H,29,30)/b22-10-. The Morgan fingerprint density at radius 2 is 1.59 bits per heavy atom. The van der Waals surface area contributed by atoms with E-state index in [1.165, 1.54) is 24.4 Å². The van der Waals surface area contributed by atoms with E-state index in [0.29, 0.717) is 22.6 Å². The monoisotopic (exact) mass is 467 g/mol. The first-order valence-corrected chi connectivity index (χ1v) is 9.52. The molecule has 0 aliphatic carbocycles. The van der Waals surface area contributed by atoms with Gasteiger partial charge in [0.15, 0.2) is 0 Å². The first-order valence-electron chi connectivity index (χ1n) is 9.52. The molecule has 0 atom stereocenters. The quantitative estimate of drug-likeness (QED) is 0.251. The number of benzene rings is 2. The number of non-ortho nitro benzene ring substituents is 1. The van der Waals surface area contributed by atoms with Crippen LogP contribution in [0.1, 0.15) is 37.7 Å². The number of hydrogen-bond acceptors (Lipinski definition) is 8. The lowest BCUT2D eigenvalue weighted by atomic mass is 10.1. The number of rotatable bonds is 8. The molecule has 0 amide bonds. The Kier molecular flexibility index (Phi) is 6.38. The minimum atomic E-state index is -1.28. The maximum absolute atomic E-state index is 11.4. The van der Waals surface area contributed by atoms with Crippen LogP contribution in [0.2, 0.25) is 0 Å². The summed E-state index contributed by atoms with van der Waals surface area (Å²) in [5.74, 6) is -2.55. The number of nitro benzene ring substituents is 2. The van der Waals surface area contributed by atoms with Crippen LogP contribution in [0.15, 0.2) is 47.6 Å². The molecule has 0 radical (unpaired) electrons. The van der Waals surface area contributed by atoms with Gasteiger partial charge < -0.3 is 14.8 Å². The van der Waals surface area contributed by atoms with E-state index >= 15 is 0 Å². The fourth-order valence-electron chi connectivity index (χ4n) is 3.35. The number of hydrazone groups is 1. The molecule has 3 N–H and O–H groups in total. The number of anilines is 1. The van der Waals surface area contributed by atoms with Crippen molar-refractivity contribution >= 4 is 35.2 Å². The first-order chi connectivity index (χ1) is 16.0. The highest BCUT2D eigenvalue weighted by molar-refractivity contribution is 5.95. The van der Waals surface area contributed by atoms with Gasteiger partial charge in [-0.05, 0) is 44.2 Å². The maximum Gasteiger partial charge on any atom is 0.335 e. The van der Waals surface area contributed by atoms with Crippen LogP contribution in [0.25, 0.3) is 5.69 Å². The van der Waals surface area contributed by atoms with Gasteiger partial charge in [0.25, 0.3) is 5.69 Å². The molecule has 1 aromatic heterocycles. The minimum Gasteiger partial charge on any atom is -0.478 e. The van der Waals surface area contributed by atoms with Crippen molar-refractivity contribution in [2.24, 2.45) is 5.10 Å². The van der Waals surface area contributed by atoms with Crippen molar-refractivity contribution in [3.8, 4) is 5.69 Å². The Hall–Kier alpha value is -5.07. The second-order valence-electron chi connectivity index (χ2n) is 7.13. The molecule has 34 heavy (non-hydrogen) atoms. The summed E-state index contributed by atoms with van der Waals surface area (Å²) in [4.78, 5) is 43.4. The molecule has 1 heterocycles. The SMILES string of the molecule is Cc1cc(/C=N\Nc2ccc([N+](=O)[O-])cc2[N+](=O)[O-])c(C)n1-c1cc(C(=O)O)cc(C(=O)O)c1. The highest BCUT2D eigenvalue weighted by Crippen LogP contribution is 2.29. The molecule has 13 nitrogen and oxygen atoms in total. The van der Waals surface area contributed by atoms with Crippen LogP contribution in [-0.2, 0) is 0 Å². The summed E-state index contributed by atoms with van der Waals surface area (Å²) in [5, 5.41) is 44.7. The number of nitrogens with zero attached hydrogens (tertiary/aromatic N) is 4. The number of aromatic nitrogens is 1. The van der Waals surface area contributed by atoms with E-state index in [1.807, 2.05) is 0 Å². The molecule has 13 heteroatoms. The molecule has 0 aliphatic rings. The maximum atomic E-state index is 11.4. The molecule has 0 aliphatic heterocycles. The topological polar surface area (TPSA) is 190 Å². The summed E-state index contributed by atoms with van der Waals surface area (Å²) < 4.78 is 1.65. The molecule has 0 saturated heterocycles. The van der Waals surface area contributed by atoms with Crippen LogP contribution >= 0.6 is 0 Å². The van der Waals surface area contributed by atoms with Crippen molar-refractivity contribution in [2.75, 3.05) is 5.43 Å². The number of aromatic carboxylic acids is 2. The third kappa shape index (κ3) is 4.72. The van der Waals surface area contributed by atoms with Gasteiger partial charge in [0.1, 0.15) is 5.69 Å². The van der Waals surface area contributed by atoms with E-state index < -0.39 is 33.2 Å². The Labute approximate surface area is 190 Å². The predicted octanol–water partition coefficient (Wildman–Crippen LogP) is 3.75. The zero-order valence-corrected chi connectivity index (χ0v) is 17.8. The summed E-state index contributed by atoms with van der Waals surface area (Å²) in [6, 6.07) is 8.54. The van der Waals surface area contributed by atoms with Crippen molar-refractivity contribution < 1.29 is 29.6 Å². The van der Waals surface area contributed by atoms with E-state index in [2.05, 4.69) is 10.5 Å². The van der Waals surface area contributed by atoms with Gasteiger partial charge in [-0.3, -0.25) is 25.7 Å². The number of carboxylic acid groups (broad SMARTS) is 2. The van der Waals surface area contributed by atoms with Crippen molar-refractivity contribution in [3.63, 3.8) is 0 Å². The fourth-order valence-corrected chi connectivity index (χ4v) is 3.35. The summed E-state index contributed by atoms with van der Waals surface area (Å²) in [7, 11) is 0. The summed E-state index contributed by atoms with van der Waals surface area (Å²) in [6.45, 7) is 3.43. The molecular formula is C21H17N5O8. The fraction of sp³-hybridized carbons (Fsp3) is 0.0952. The lowest BCUT2D eigenvalue weighted by Gasteiger charge is -2.12. The highest BCUT2D eigenvalue weighted by Gasteiger charge is 2.19. The minimum absolute atomic E-state index is 0.0547. The van der Waals surface area contributed by atoms with Crippen LogP contribution in [0.5, 0.6) is 0 Å². The molecule has 3 aromatic rings. The number of aryl methyl sites for hydroxylation is 1. The lowest BCUT2D eigenvalue weighted by molar-refractivity contribution is -0.393. The predicted molar refractivity (Wildman–Crippen MR) is 120 cm³/mol. The van der Waals surface area contributed by atoms with Gasteiger partial charge >= 0.3 is 17.6 Å². The summed E-state index contributed by atoms with van der Waals surface area (Å²) >= 11 is 0. The lowest BCUT2D eigenvalue weighted by Crippen LogP contribution is -2.07. The highest BCUT2D eigenvalue weighted by atomic mass is 16.6. The van der Waals surface area contributed by atoms with Crippen molar-refractivity contribution in [3.05, 3.63) is 90.8 Å². The number of nitrogens with one attached hydrogen (secondary N) is 1. The number of nitro groups is 2. The number of hydrogen-bond donors (Lipinski definition) is 3. The second-order valence-corrected chi connectivity index (χ2v) is 7.13. The summed E-state index contributed by atoms with van der Waals surface area (Å²) in [5.41, 5.74) is 3.23. The van der Waals surface area contributed by atoms with E-state index in [9.17, 15) is 40.0 Å². The van der Waals surface area contributed by atoms with Gasteiger partial charge in [-0.25, -0.2) is 9.59 Å². The van der Waals surface area contributed by atoms with Crippen LogP contribution < -0.4 is 5.43 Å². The Bertz CT molecular complexity index is 1340. The molecule has 3 rings (SSSR count). The van der Waals surface area contributed by atoms with Crippen LogP contribution in [0.4, 0.5) is 17.1 Å². The van der Waals surface area contributed by atoms with Crippen LogP contribution in [0, 0.1) is 34.1 Å². The number of carboxylic acids is 2. The van der Waals surface area contributed by atoms with E-state index in [0.717, 1.165) is 18.2 Å². The molecule has 0 bridgehead atoms. The molecule has 0 fully saturated rings. The summed E-state index contributed by atoms with van der Waals surface area (Å²) in [6.07, 6.45) is 1.36. The van der Waals surface area contributed by atoms with Crippen molar-refractivity contribution in [1.82, 2.24) is 4.57 Å². The van der Waals surface area contributed by atoms with Gasteiger partial charge in [0.2, 0.25) is 0 Å². The smallest absolute Gasteiger partial charge is 0.335 e. The molecule has 0 spiro atoms. The van der Waals surface area contributed by atoms with E-state index in [4.69, 9.17) is 0 Å². The van der Waals surface area contributed by atoms with Gasteiger partial charge in [-0.1, -0.05) is 0 Å². The van der Waals surface area contributed by atoms with Gasteiger partial charge in [0, 0.05) is 28.7 Å². The Morgan fingerprint density at radius 3 is 2.12 bits per heavy atom. The van der Waals surface area contributed by atoms with E-state index in [-0.39, 0.29) is 16.8 Å². The Morgan fingerprint density at radius 1 is 0.971 bits per heavy atom. The molecular weight excluding hydrogens is 450 g/mol. The third-order valence-corrected chi connectivity index (χ3v) is 4.92. The Balaban J connectivity index is 1.96. The molecule has 2 aromatic carbocycles. The average molecular weight is 467 g/mol. The van der Waals surface area contributed by atoms with Crippen LogP contribution in [0.3, 0.4) is 0 Å². The van der Waals surface area contributed by atoms with Gasteiger partial charge in [-0.15, -0.1) is 0 Å². The molecule has 0 unspecified atom stereocenters. The van der Waals surface area contributed by atoms with Gasteiger partial charge in [-0.2, -0.15) is 5.10 Å². The zero-order valence-electron chi connectivity index (χ0n) is 17.8. The third-order valence-electron chi connectivity index (χ3n) is 4.92.